The van der Waals surface area contributed by atoms with Gasteiger partial charge in [-0.25, -0.2) is 19.1 Å². The number of aliphatic hydroxyl groups excluding tert-OH is 1. The van der Waals surface area contributed by atoms with Crippen LogP contribution >= 0.6 is 15.6 Å². The third kappa shape index (κ3) is 5.88. The molecule has 192 valence electrons. The molecule has 18 heteroatoms. The molecule has 1 aliphatic rings. The van der Waals surface area contributed by atoms with Crippen molar-refractivity contribution < 1.29 is 52.4 Å². The number of nitrogens with two attached hydrogens (primary N) is 1. The average Bonchev–Trinajstić information content (AvgIpc) is 3.19. The van der Waals surface area contributed by atoms with Crippen molar-refractivity contribution in [3.63, 3.8) is 0 Å². The highest BCUT2D eigenvalue weighted by molar-refractivity contribution is 7.60. The molecular weight excluding hydrogens is 512 g/mol. The standard InChI is InChI=1S/C17H23N5O11P2/c1-17(25)13(24)10(7-31-35(29,30)33-34(26,27)28)32-16(17)22-6-9(4-5-11(23)21(2)3)12-14(18)19-8-20-15(12)22/h6,8,10,13,16,24-25H,7H2,1-3H3,(H,29,30)(H2,18,19,20)(H2,26,27,28)/t10-,13-,16-,17-/m1/s1. The minimum Gasteiger partial charge on any atom is -0.387 e. The maximum Gasteiger partial charge on any atom is 0.481 e. The number of aliphatic hydroxyl groups is 2. The molecule has 1 amide bonds. The minimum atomic E-state index is -5.36. The number of fused-ring (bicyclic) bond motifs is 1. The zero-order chi connectivity index (χ0) is 26.3. The first-order valence-corrected chi connectivity index (χ1v) is 12.7. The van der Waals surface area contributed by atoms with Crippen molar-refractivity contribution in [1.82, 2.24) is 19.4 Å². The molecular formula is C17H23N5O11P2. The van der Waals surface area contributed by atoms with E-state index in [-0.39, 0.29) is 22.4 Å². The Bertz CT molecular complexity index is 1290. The van der Waals surface area contributed by atoms with Crippen molar-refractivity contribution in [3.8, 4) is 11.8 Å². The van der Waals surface area contributed by atoms with Gasteiger partial charge in [0.05, 0.1) is 17.6 Å². The van der Waals surface area contributed by atoms with Gasteiger partial charge in [0.15, 0.2) is 6.23 Å². The molecule has 0 radical (unpaired) electrons. The fraction of sp³-hybridized carbons (Fsp3) is 0.471. The molecule has 1 fully saturated rings. The lowest BCUT2D eigenvalue weighted by molar-refractivity contribution is -0.122. The lowest BCUT2D eigenvalue weighted by atomic mass is 9.96. The summed E-state index contributed by atoms with van der Waals surface area (Å²) in [5.41, 5.74) is 4.29. The molecule has 0 bridgehead atoms. The van der Waals surface area contributed by atoms with Gasteiger partial charge in [0.1, 0.15) is 35.6 Å². The van der Waals surface area contributed by atoms with Gasteiger partial charge in [-0.2, -0.15) is 4.31 Å². The van der Waals surface area contributed by atoms with E-state index in [0.29, 0.717) is 0 Å². The number of nitrogens with zero attached hydrogens (tertiary/aromatic N) is 4. The summed E-state index contributed by atoms with van der Waals surface area (Å²) in [6.45, 7) is 0.326. The molecule has 3 rings (SSSR count). The topological polar surface area (TPSA) is 240 Å². The van der Waals surface area contributed by atoms with Crippen LogP contribution in [0.1, 0.15) is 18.7 Å². The number of aromatic nitrogens is 3. The number of anilines is 1. The number of hydrogen-bond acceptors (Lipinski definition) is 11. The largest absolute Gasteiger partial charge is 0.481 e. The van der Waals surface area contributed by atoms with Crippen molar-refractivity contribution >= 4 is 38.4 Å². The lowest BCUT2D eigenvalue weighted by Gasteiger charge is -2.27. The van der Waals surface area contributed by atoms with Crippen LogP contribution in [0.25, 0.3) is 11.0 Å². The van der Waals surface area contributed by atoms with Gasteiger partial charge < -0.3 is 44.8 Å². The molecule has 5 atom stereocenters. The fourth-order valence-corrected chi connectivity index (χ4v) is 4.92. The van der Waals surface area contributed by atoms with Gasteiger partial charge in [0.2, 0.25) is 0 Å². The van der Waals surface area contributed by atoms with Gasteiger partial charge >= 0.3 is 15.6 Å². The molecule has 3 heterocycles. The molecule has 35 heavy (non-hydrogen) atoms. The number of phosphoric ester groups is 1. The Balaban J connectivity index is 1.96. The van der Waals surface area contributed by atoms with E-state index in [1.807, 2.05) is 0 Å². The van der Waals surface area contributed by atoms with Crippen LogP contribution in [0, 0.1) is 11.8 Å². The molecule has 0 aromatic carbocycles. The molecule has 0 spiro atoms. The Morgan fingerprint density at radius 1 is 1.34 bits per heavy atom. The number of amides is 1. The van der Waals surface area contributed by atoms with E-state index in [0.717, 1.165) is 6.33 Å². The second-order valence-corrected chi connectivity index (χ2v) is 10.7. The third-order valence-electron chi connectivity index (χ3n) is 4.97. The Morgan fingerprint density at radius 2 is 2.00 bits per heavy atom. The summed E-state index contributed by atoms with van der Waals surface area (Å²) in [5.74, 6) is 4.60. The van der Waals surface area contributed by atoms with Gasteiger partial charge in [-0.3, -0.25) is 9.32 Å². The van der Waals surface area contributed by atoms with E-state index in [4.69, 9.17) is 20.3 Å². The second kappa shape index (κ2) is 9.57. The van der Waals surface area contributed by atoms with E-state index in [1.54, 1.807) is 0 Å². The molecule has 16 nitrogen and oxygen atoms in total. The SMILES string of the molecule is CN(C)C(=O)C#Cc1cn([C@@H]2O[C@H](COP(=O)(O)OP(=O)(O)O)[C@@H](O)[C@@]2(C)O)c2ncnc(N)c12. The van der Waals surface area contributed by atoms with E-state index >= 15 is 0 Å². The molecule has 0 saturated carbocycles. The number of carbonyl (C=O) groups is 1. The van der Waals surface area contributed by atoms with Crippen LogP contribution in [-0.2, 0) is 27.5 Å². The third-order valence-corrected chi connectivity index (χ3v) is 7.12. The Hall–Kier alpha value is -2.41. The summed E-state index contributed by atoms with van der Waals surface area (Å²) < 4.78 is 37.7. The quantitative estimate of drug-likeness (QED) is 0.186. The highest BCUT2D eigenvalue weighted by Crippen LogP contribution is 2.58. The van der Waals surface area contributed by atoms with Crippen LogP contribution in [0.4, 0.5) is 5.82 Å². The summed E-state index contributed by atoms with van der Waals surface area (Å²) in [5, 5.41) is 21.8. The molecule has 7 N–H and O–H groups in total. The summed E-state index contributed by atoms with van der Waals surface area (Å²) in [6, 6.07) is 0. The number of hydrogen-bond donors (Lipinski definition) is 6. The monoisotopic (exact) mass is 535 g/mol. The summed E-state index contributed by atoms with van der Waals surface area (Å²) in [6.07, 6.45) is -2.02. The zero-order valence-electron chi connectivity index (χ0n) is 18.5. The fourth-order valence-electron chi connectivity index (χ4n) is 3.32. The number of rotatable bonds is 6. The van der Waals surface area contributed by atoms with Crippen molar-refractivity contribution in [2.45, 2.75) is 31.0 Å². The van der Waals surface area contributed by atoms with Gasteiger partial charge in [-0.15, -0.1) is 0 Å². The predicted octanol–water partition coefficient (Wildman–Crippen LogP) is -1.31. The van der Waals surface area contributed by atoms with E-state index < -0.39 is 52.2 Å². The average molecular weight is 535 g/mol. The zero-order valence-corrected chi connectivity index (χ0v) is 20.3. The van der Waals surface area contributed by atoms with Crippen LogP contribution in [0.2, 0.25) is 0 Å². The maximum absolute atomic E-state index is 11.9. The summed E-state index contributed by atoms with van der Waals surface area (Å²) in [7, 11) is -7.56. The predicted molar refractivity (Wildman–Crippen MR) is 117 cm³/mol. The van der Waals surface area contributed by atoms with Crippen molar-refractivity contribution in [2.75, 3.05) is 26.4 Å². The van der Waals surface area contributed by atoms with Gasteiger partial charge in [0, 0.05) is 26.2 Å². The van der Waals surface area contributed by atoms with Crippen molar-refractivity contribution in [2.24, 2.45) is 0 Å². The van der Waals surface area contributed by atoms with Crippen molar-refractivity contribution in [3.05, 3.63) is 18.1 Å². The van der Waals surface area contributed by atoms with Crippen molar-refractivity contribution in [1.29, 1.82) is 0 Å². The van der Waals surface area contributed by atoms with E-state index in [1.165, 1.54) is 36.7 Å². The first kappa shape index (κ1) is 27.2. The van der Waals surface area contributed by atoms with E-state index in [2.05, 4.69) is 30.6 Å². The summed E-state index contributed by atoms with van der Waals surface area (Å²) >= 11 is 0. The highest BCUT2D eigenvalue weighted by Gasteiger charge is 2.54. The van der Waals surface area contributed by atoms with Crippen LogP contribution in [0.3, 0.4) is 0 Å². The highest BCUT2D eigenvalue weighted by atomic mass is 31.3. The van der Waals surface area contributed by atoms with Crippen LogP contribution < -0.4 is 5.73 Å². The van der Waals surface area contributed by atoms with Crippen LogP contribution in [-0.4, -0.2) is 88.7 Å². The van der Waals surface area contributed by atoms with Gasteiger partial charge in [-0.1, -0.05) is 5.92 Å². The lowest BCUT2D eigenvalue weighted by Crippen LogP contribution is -2.44. The second-order valence-electron chi connectivity index (χ2n) is 7.89. The molecule has 2 aromatic rings. The number of phosphoric acid groups is 2. The Labute approximate surface area is 198 Å². The molecule has 1 unspecified atom stereocenters. The van der Waals surface area contributed by atoms with Gasteiger partial charge in [-0.05, 0) is 6.92 Å². The maximum atomic E-state index is 11.9. The van der Waals surface area contributed by atoms with E-state index in [9.17, 15) is 29.0 Å². The molecule has 2 aromatic heterocycles. The first-order chi connectivity index (χ1) is 16.0. The Morgan fingerprint density at radius 3 is 2.60 bits per heavy atom. The van der Waals surface area contributed by atoms with Crippen LogP contribution in [0.15, 0.2) is 12.5 Å². The number of ether oxygens (including phenoxy) is 1. The smallest absolute Gasteiger partial charge is 0.387 e. The minimum absolute atomic E-state index is 0.0178. The van der Waals surface area contributed by atoms with Crippen LogP contribution in [0.5, 0.6) is 0 Å². The number of carbonyl (C=O) groups excluding carboxylic acids is 1. The molecule has 0 aliphatic carbocycles. The normalized spacial score (nSPS) is 26.2. The molecule has 1 aliphatic heterocycles. The Kier molecular flexibility index (Phi) is 7.43. The molecule has 1 saturated heterocycles. The number of nitrogen functional groups attached to an aromatic ring is 1. The summed E-state index contributed by atoms with van der Waals surface area (Å²) in [4.78, 5) is 48.0. The first-order valence-electron chi connectivity index (χ1n) is 9.68. The van der Waals surface area contributed by atoms with Gasteiger partial charge in [0.25, 0.3) is 5.91 Å².